The maximum Gasteiger partial charge on any atom is 0.367 e. The van der Waals surface area contributed by atoms with Gasteiger partial charge >= 0.3 is 5.97 Å². The van der Waals surface area contributed by atoms with Crippen LogP contribution in [0.2, 0.25) is 0 Å². The third-order valence-corrected chi connectivity index (χ3v) is 1.10. The predicted octanol–water partition coefficient (Wildman–Crippen LogP) is 1.75. The second kappa shape index (κ2) is 4.79. The van der Waals surface area contributed by atoms with E-state index in [1.54, 1.807) is 0 Å². The van der Waals surface area contributed by atoms with Crippen molar-refractivity contribution in [1.29, 1.82) is 0 Å². The van der Waals surface area contributed by atoms with Gasteiger partial charge in [-0.3, -0.25) is 0 Å². The standard InChI is InChI=1S/C8H14O3/c1-4-7-8(9,10-5-2)11-6-3/h5-6,9H,2-4,7H2,1H3. The van der Waals surface area contributed by atoms with Gasteiger partial charge in [0, 0.05) is 0 Å². The average Bonchev–Trinajstić information content (AvgIpc) is 1.88. The monoisotopic (exact) mass is 158 g/mol. The summed E-state index contributed by atoms with van der Waals surface area (Å²) in [5.74, 6) is -1.59. The number of hydrogen-bond acceptors (Lipinski definition) is 3. The second-order valence-corrected chi connectivity index (χ2v) is 2.03. The number of rotatable bonds is 6. The van der Waals surface area contributed by atoms with Crippen LogP contribution in [0, 0.1) is 0 Å². The van der Waals surface area contributed by atoms with Crippen LogP contribution in [-0.4, -0.2) is 11.1 Å². The first kappa shape index (κ1) is 10.0. The van der Waals surface area contributed by atoms with Gasteiger partial charge < -0.3 is 14.6 Å². The van der Waals surface area contributed by atoms with Crippen molar-refractivity contribution in [3.05, 3.63) is 25.7 Å². The lowest BCUT2D eigenvalue weighted by atomic mass is 10.3. The van der Waals surface area contributed by atoms with Crippen molar-refractivity contribution in [3.63, 3.8) is 0 Å². The molecule has 0 saturated carbocycles. The molecule has 3 heteroatoms. The lowest BCUT2D eigenvalue weighted by Gasteiger charge is -2.24. The molecule has 0 spiro atoms. The van der Waals surface area contributed by atoms with Crippen molar-refractivity contribution in [1.82, 2.24) is 0 Å². The largest absolute Gasteiger partial charge is 0.439 e. The van der Waals surface area contributed by atoms with E-state index in [0.717, 1.165) is 18.9 Å². The Morgan fingerprint density at radius 1 is 1.36 bits per heavy atom. The number of ether oxygens (including phenoxy) is 2. The van der Waals surface area contributed by atoms with Crippen molar-refractivity contribution in [2.24, 2.45) is 0 Å². The molecule has 3 nitrogen and oxygen atoms in total. The van der Waals surface area contributed by atoms with Crippen molar-refractivity contribution in [2.45, 2.75) is 25.7 Å². The van der Waals surface area contributed by atoms with E-state index in [1.165, 1.54) is 0 Å². The molecule has 0 bridgehead atoms. The molecule has 1 N–H and O–H groups in total. The molecule has 64 valence electrons. The Hall–Kier alpha value is -0.960. The molecule has 0 aromatic carbocycles. The molecule has 0 rings (SSSR count). The average molecular weight is 158 g/mol. The van der Waals surface area contributed by atoms with Crippen molar-refractivity contribution in [2.75, 3.05) is 0 Å². The summed E-state index contributed by atoms with van der Waals surface area (Å²) in [6.07, 6.45) is 3.40. The molecule has 0 aromatic heterocycles. The number of aliphatic hydroxyl groups is 1. The molecule has 0 heterocycles. The normalized spacial score (nSPS) is 10.4. The van der Waals surface area contributed by atoms with Gasteiger partial charge in [0.05, 0.1) is 18.9 Å². The van der Waals surface area contributed by atoms with E-state index in [0.29, 0.717) is 6.42 Å². The van der Waals surface area contributed by atoms with Gasteiger partial charge in [0.1, 0.15) is 0 Å². The highest BCUT2D eigenvalue weighted by molar-refractivity contribution is 4.64. The quantitative estimate of drug-likeness (QED) is 0.472. The van der Waals surface area contributed by atoms with Gasteiger partial charge in [-0.2, -0.15) is 0 Å². The Morgan fingerprint density at radius 2 is 1.82 bits per heavy atom. The van der Waals surface area contributed by atoms with Crippen molar-refractivity contribution >= 4 is 0 Å². The van der Waals surface area contributed by atoms with Crippen molar-refractivity contribution in [3.8, 4) is 0 Å². The van der Waals surface area contributed by atoms with Gasteiger partial charge in [-0.1, -0.05) is 20.1 Å². The van der Waals surface area contributed by atoms with Crippen LogP contribution in [0.5, 0.6) is 0 Å². The summed E-state index contributed by atoms with van der Waals surface area (Å²) in [5.41, 5.74) is 0. The van der Waals surface area contributed by atoms with Gasteiger partial charge in [0.2, 0.25) is 0 Å². The summed E-state index contributed by atoms with van der Waals surface area (Å²) >= 11 is 0. The highest BCUT2D eigenvalue weighted by Crippen LogP contribution is 2.16. The van der Waals surface area contributed by atoms with Gasteiger partial charge in [-0.15, -0.1) is 0 Å². The van der Waals surface area contributed by atoms with Crippen LogP contribution in [0.25, 0.3) is 0 Å². The van der Waals surface area contributed by atoms with E-state index < -0.39 is 5.97 Å². The Bertz CT molecular complexity index is 121. The minimum atomic E-state index is -1.59. The summed E-state index contributed by atoms with van der Waals surface area (Å²) in [6, 6.07) is 0. The first-order valence-corrected chi connectivity index (χ1v) is 3.48. The number of hydrogen-bond donors (Lipinski definition) is 1. The van der Waals surface area contributed by atoms with Crippen LogP contribution in [-0.2, 0) is 9.47 Å². The SMILES string of the molecule is C=COC(O)(CCC)OC=C. The van der Waals surface area contributed by atoms with Crippen LogP contribution in [0.1, 0.15) is 19.8 Å². The van der Waals surface area contributed by atoms with E-state index in [1.807, 2.05) is 6.92 Å². The van der Waals surface area contributed by atoms with Gasteiger partial charge in [-0.25, -0.2) is 0 Å². The maximum absolute atomic E-state index is 9.42. The molecular formula is C8H14O3. The fourth-order valence-electron chi connectivity index (χ4n) is 0.722. The minimum absolute atomic E-state index is 0.380. The molecule has 0 amide bonds. The van der Waals surface area contributed by atoms with Crippen molar-refractivity contribution < 1.29 is 14.6 Å². The lowest BCUT2D eigenvalue weighted by molar-refractivity contribution is -0.318. The zero-order chi connectivity index (χ0) is 8.74. The fraction of sp³-hybridized carbons (Fsp3) is 0.500. The van der Waals surface area contributed by atoms with Crippen LogP contribution >= 0.6 is 0 Å². The highest BCUT2D eigenvalue weighted by Gasteiger charge is 2.27. The molecule has 0 atom stereocenters. The fourth-order valence-corrected chi connectivity index (χ4v) is 0.722. The molecule has 0 saturated heterocycles. The van der Waals surface area contributed by atoms with Gasteiger partial charge in [0.15, 0.2) is 0 Å². The maximum atomic E-state index is 9.42. The molecule has 0 fully saturated rings. The third-order valence-electron chi connectivity index (χ3n) is 1.10. The molecule has 0 unspecified atom stereocenters. The van der Waals surface area contributed by atoms with Crippen LogP contribution in [0.15, 0.2) is 25.7 Å². The van der Waals surface area contributed by atoms with E-state index in [9.17, 15) is 5.11 Å². The molecule has 0 aliphatic heterocycles. The zero-order valence-corrected chi connectivity index (χ0v) is 6.75. The van der Waals surface area contributed by atoms with Gasteiger partial charge in [-0.05, 0) is 6.42 Å². The molecule has 0 aromatic rings. The minimum Gasteiger partial charge on any atom is -0.439 e. The molecule has 11 heavy (non-hydrogen) atoms. The Balaban J connectivity index is 3.98. The summed E-state index contributed by atoms with van der Waals surface area (Å²) in [7, 11) is 0. The molecule has 0 aliphatic rings. The molecule has 0 radical (unpaired) electrons. The third kappa shape index (κ3) is 3.68. The molecular weight excluding hydrogens is 144 g/mol. The first-order chi connectivity index (χ1) is 5.18. The van der Waals surface area contributed by atoms with Crippen LogP contribution in [0.3, 0.4) is 0 Å². The van der Waals surface area contributed by atoms with Gasteiger partial charge in [0.25, 0.3) is 0 Å². The van der Waals surface area contributed by atoms with E-state index in [4.69, 9.17) is 9.47 Å². The topological polar surface area (TPSA) is 38.7 Å². The lowest BCUT2D eigenvalue weighted by Crippen LogP contribution is -2.31. The predicted molar refractivity (Wildman–Crippen MR) is 42.4 cm³/mol. The second-order valence-electron chi connectivity index (χ2n) is 2.03. The van der Waals surface area contributed by atoms with E-state index in [2.05, 4.69) is 13.2 Å². The van der Waals surface area contributed by atoms with Crippen LogP contribution in [0.4, 0.5) is 0 Å². The first-order valence-electron chi connectivity index (χ1n) is 3.48. The zero-order valence-electron chi connectivity index (χ0n) is 6.75. The summed E-state index contributed by atoms with van der Waals surface area (Å²) < 4.78 is 9.47. The van der Waals surface area contributed by atoms with Crippen LogP contribution < -0.4 is 0 Å². The Kier molecular flexibility index (Phi) is 4.38. The Morgan fingerprint density at radius 3 is 2.09 bits per heavy atom. The smallest absolute Gasteiger partial charge is 0.367 e. The highest BCUT2D eigenvalue weighted by atomic mass is 16.8. The molecule has 0 aliphatic carbocycles. The van der Waals surface area contributed by atoms with E-state index >= 15 is 0 Å². The summed E-state index contributed by atoms with van der Waals surface area (Å²) in [4.78, 5) is 0. The summed E-state index contributed by atoms with van der Waals surface area (Å²) in [5, 5.41) is 9.42. The van der Waals surface area contributed by atoms with E-state index in [-0.39, 0.29) is 0 Å². The Labute approximate surface area is 66.9 Å². The summed E-state index contributed by atoms with van der Waals surface area (Å²) in [6.45, 7) is 8.53.